The van der Waals surface area contributed by atoms with E-state index in [-0.39, 0.29) is 0 Å². The summed E-state index contributed by atoms with van der Waals surface area (Å²) in [5.74, 6) is 0. The molecule has 1 heterocycles. The van der Waals surface area contributed by atoms with Gasteiger partial charge in [0, 0.05) is 18.8 Å². The van der Waals surface area contributed by atoms with E-state index in [1.807, 2.05) is 30.3 Å². The largest absolute Gasteiger partial charge is 0.388 e. The quantitative estimate of drug-likeness (QED) is 0.808. The summed E-state index contributed by atoms with van der Waals surface area (Å²) in [6.07, 6.45) is 2.13. The normalized spacial score (nSPS) is 13.8. The summed E-state index contributed by atoms with van der Waals surface area (Å²) in [7, 11) is 0. The Kier molecular flexibility index (Phi) is 4.44. The lowest BCUT2D eigenvalue weighted by molar-refractivity contribution is 0.154. The van der Waals surface area contributed by atoms with Crippen molar-refractivity contribution in [3.8, 4) is 0 Å². The molecule has 0 bridgehead atoms. The first-order valence-corrected chi connectivity index (χ1v) is 6.17. The number of aliphatic hydroxyl groups is 2. The fraction of sp³-hybridized carbons (Fsp3) is 0.188. The second-order valence-electron chi connectivity index (χ2n) is 4.48. The van der Waals surface area contributed by atoms with Crippen molar-refractivity contribution >= 4 is 0 Å². The number of rotatable bonds is 5. The molecule has 3 heteroatoms. The van der Waals surface area contributed by atoms with Crippen LogP contribution in [0.25, 0.3) is 0 Å². The van der Waals surface area contributed by atoms with Gasteiger partial charge in [-0.2, -0.15) is 0 Å². The van der Waals surface area contributed by atoms with Gasteiger partial charge in [-0.15, -0.1) is 0 Å². The Morgan fingerprint density at radius 2 is 1.74 bits per heavy atom. The van der Waals surface area contributed by atoms with Crippen LogP contribution in [0.3, 0.4) is 0 Å². The number of hydrogen-bond acceptors (Lipinski definition) is 3. The van der Waals surface area contributed by atoms with Crippen molar-refractivity contribution in [3.63, 3.8) is 0 Å². The summed E-state index contributed by atoms with van der Waals surface area (Å²) in [6.45, 7) is 3.87. The standard InChI is InChI=1S/C16H17NO2/c1-12(16(19)13-6-3-2-4-7-13)10-15(18)14-8-5-9-17-11-14/h2-9,11,15-16,18-19H,1,10H2/t15-,16+/m1/s1. The van der Waals surface area contributed by atoms with E-state index in [0.29, 0.717) is 12.0 Å². The zero-order valence-corrected chi connectivity index (χ0v) is 10.6. The van der Waals surface area contributed by atoms with Gasteiger partial charge in [0.2, 0.25) is 0 Å². The maximum absolute atomic E-state index is 10.2. The fourth-order valence-corrected chi connectivity index (χ4v) is 1.92. The predicted molar refractivity (Wildman–Crippen MR) is 74.4 cm³/mol. The fourth-order valence-electron chi connectivity index (χ4n) is 1.92. The molecule has 2 N–H and O–H groups in total. The van der Waals surface area contributed by atoms with Gasteiger partial charge in [-0.3, -0.25) is 4.98 Å². The Bertz CT molecular complexity index is 525. The molecule has 0 aliphatic carbocycles. The van der Waals surface area contributed by atoms with Gasteiger partial charge in [-0.25, -0.2) is 0 Å². The van der Waals surface area contributed by atoms with Crippen molar-refractivity contribution in [3.05, 3.63) is 78.1 Å². The molecule has 0 radical (unpaired) electrons. The van der Waals surface area contributed by atoms with E-state index in [4.69, 9.17) is 0 Å². The van der Waals surface area contributed by atoms with Crippen molar-refractivity contribution in [2.24, 2.45) is 0 Å². The minimum Gasteiger partial charge on any atom is -0.388 e. The summed E-state index contributed by atoms with van der Waals surface area (Å²) in [5.41, 5.74) is 2.09. The predicted octanol–water partition coefficient (Wildman–Crippen LogP) is 2.79. The van der Waals surface area contributed by atoms with Gasteiger partial charge in [0.1, 0.15) is 0 Å². The first-order chi connectivity index (χ1) is 9.18. The highest BCUT2D eigenvalue weighted by Gasteiger charge is 2.16. The molecule has 1 aromatic carbocycles. The third kappa shape index (κ3) is 3.50. The summed E-state index contributed by atoms with van der Waals surface area (Å²) >= 11 is 0. The molecule has 19 heavy (non-hydrogen) atoms. The average molecular weight is 255 g/mol. The van der Waals surface area contributed by atoms with Gasteiger partial charge in [0.15, 0.2) is 0 Å². The Balaban J connectivity index is 2.02. The molecule has 0 saturated carbocycles. The molecular formula is C16H17NO2. The first-order valence-electron chi connectivity index (χ1n) is 6.17. The van der Waals surface area contributed by atoms with Crippen molar-refractivity contribution in [2.75, 3.05) is 0 Å². The molecular weight excluding hydrogens is 238 g/mol. The Morgan fingerprint density at radius 3 is 2.37 bits per heavy atom. The summed E-state index contributed by atoms with van der Waals surface area (Å²) in [5, 5.41) is 20.2. The van der Waals surface area contributed by atoms with Gasteiger partial charge < -0.3 is 10.2 Å². The topological polar surface area (TPSA) is 53.4 Å². The monoisotopic (exact) mass is 255 g/mol. The first kappa shape index (κ1) is 13.5. The molecule has 3 nitrogen and oxygen atoms in total. The molecule has 1 aromatic heterocycles. The molecule has 2 aromatic rings. The van der Waals surface area contributed by atoms with Gasteiger partial charge in [-0.05, 0) is 22.8 Å². The van der Waals surface area contributed by atoms with E-state index in [2.05, 4.69) is 11.6 Å². The smallest absolute Gasteiger partial charge is 0.0999 e. The highest BCUT2D eigenvalue weighted by molar-refractivity contribution is 5.26. The van der Waals surface area contributed by atoms with Crippen LogP contribution in [0.15, 0.2) is 67.0 Å². The van der Waals surface area contributed by atoms with Crippen molar-refractivity contribution in [1.82, 2.24) is 4.98 Å². The Morgan fingerprint density at radius 1 is 1.05 bits per heavy atom. The van der Waals surface area contributed by atoms with Crippen LogP contribution in [0, 0.1) is 0 Å². The van der Waals surface area contributed by atoms with Crippen LogP contribution >= 0.6 is 0 Å². The maximum Gasteiger partial charge on any atom is 0.0999 e. The molecule has 98 valence electrons. The van der Waals surface area contributed by atoms with Crippen LogP contribution in [0.4, 0.5) is 0 Å². The van der Waals surface area contributed by atoms with Gasteiger partial charge >= 0.3 is 0 Å². The highest BCUT2D eigenvalue weighted by Crippen LogP contribution is 2.28. The SMILES string of the molecule is C=C(C[C@@H](O)c1cccnc1)[C@H](O)c1ccccc1. The van der Waals surface area contributed by atoms with Crippen LogP contribution in [-0.2, 0) is 0 Å². The van der Waals surface area contributed by atoms with Crippen molar-refractivity contribution < 1.29 is 10.2 Å². The summed E-state index contributed by atoms with van der Waals surface area (Å²) in [6, 6.07) is 12.9. The van der Waals surface area contributed by atoms with Crippen LogP contribution in [-0.4, -0.2) is 15.2 Å². The molecule has 2 atom stereocenters. The van der Waals surface area contributed by atoms with Crippen LogP contribution in [0.5, 0.6) is 0 Å². The van der Waals surface area contributed by atoms with Crippen LogP contribution in [0.1, 0.15) is 29.8 Å². The molecule has 0 spiro atoms. The lowest BCUT2D eigenvalue weighted by atomic mass is 9.96. The van der Waals surface area contributed by atoms with Gasteiger partial charge in [-0.1, -0.05) is 43.0 Å². The van der Waals surface area contributed by atoms with E-state index in [1.165, 1.54) is 0 Å². The minimum atomic E-state index is -0.757. The second kappa shape index (κ2) is 6.27. The van der Waals surface area contributed by atoms with Crippen molar-refractivity contribution in [1.29, 1.82) is 0 Å². The molecule has 0 saturated heterocycles. The number of pyridine rings is 1. The van der Waals surface area contributed by atoms with E-state index in [9.17, 15) is 10.2 Å². The second-order valence-corrected chi connectivity index (χ2v) is 4.48. The average Bonchev–Trinajstić information content (AvgIpc) is 2.48. The zero-order chi connectivity index (χ0) is 13.7. The number of benzene rings is 1. The summed E-state index contributed by atoms with van der Waals surface area (Å²) in [4.78, 5) is 3.96. The van der Waals surface area contributed by atoms with Crippen LogP contribution in [0.2, 0.25) is 0 Å². The van der Waals surface area contributed by atoms with Gasteiger partial charge in [0.05, 0.1) is 12.2 Å². The third-order valence-corrected chi connectivity index (χ3v) is 3.03. The number of aliphatic hydroxyl groups excluding tert-OH is 2. The van der Waals surface area contributed by atoms with Crippen molar-refractivity contribution in [2.45, 2.75) is 18.6 Å². The number of aromatic nitrogens is 1. The third-order valence-electron chi connectivity index (χ3n) is 3.03. The lowest BCUT2D eigenvalue weighted by Crippen LogP contribution is -2.06. The number of nitrogens with zero attached hydrogens (tertiary/aromatic N) is 1. The molecule has 2 rings (SSSR count). The van der Waals surface area contributed by atoms with E-state index < -0.39 is 12.2 Å². The lowest BCUT2D eigenvalue weighted by Gasteiger charge is -2.17. The molecule has 0 fully saturated rings. The number of hydrogen-bond donors (Lipinski definition) is 2. The van der Waals surface area contributed by atoms with E-state index >= 15 is 0 Å². The van der Waals surface area contributed by atoms with Crippen LogP contribution < -0.4 is 0 Å². The Hall–Kier alpha value is -1.97. The summed E-state index contributed by atoms with van der Waals surface area (Å²) < 4.78 is 0. The zero-order valence-electron chi connectivity index (χ0n) is 10.6. The Labute approximate surface area is 112 Å². The minimum absolute atomic E-state index is 0.307. The molecule has 0 aliphatic heterocycles. The van der Waals surface area contributed by atoms with E-state index in [1.54, 1.807) is 24.5 Å². The maximum atomic E-state index is 10.2. The highest BCUT2D eigenvalue weighted by atomic mass is 16.3. The molecule has 0 aliphatic rings. The van der Waals surface area contributed by atoms with Gasteiger partial charge in [0.25, 0.3) is 0 Å². The molecule has 0 unspecified atom stereocenters. The van der Waals surface area contributed by atoms with E-state index in [0.717, 1.165) is 11.1 Å². The molecule has 0 amide bonds.